The van der Waals surface area contributed by atoms with E-state index < -0.39 is 0 Å². The standard InChI is InChI=1S/C18H17ClN2O4/c1-10-15-17(20-25-10)16-13(19)6-3-7-14(16)21(18(15)23)11-4-2-5-12(8-11)24-9-22/h3,6-7,9,11-12H,2,4-5,8H2,1H3/t11-,12+/m0/s1. The minimum absolute atomic E-state index is 0.0640. The van der Waals surface area contributed by atoms with Gasteiger partial charge in [-0.05, 0) is 38.3 Å². The number of aromatic nitrogens is 2. The van der Waals surface area contributed by atoms with Crippen LogP contribution in [0.5, 0.6) is 0 Å². The van der Waals surface area contributed by atoms with E-state index >= 15 is 0 Å². The first kappa shape index (κ1) is 16.1. The van der Waals surface area contributed by atoms with Gasteiger partial charge in [0, 0.05) is 17.8 Å². The maximum Gasteiger partial charge on any atom is 0.293 e. The van der Waals surface area contributed by atoms with Gasteiger partial charge < -0.3 is 13.8 Å². The molecule has 0 bridgehead atoms. The van der Waals surface area contributed by atoms with Gasteiger partial charge in [0.25, 0.3) is 12.0 Å². The van der Waals surface area contributed by atoms with Crippen molar-refractivity contribution in [3.8, 4) is 0 Å². The SMILES string of the molecule is Cc1onc2c1c(=O)n([C@H]1CCC[C@@H](OC=O)C1)c1cccc(Cl)c21. The van der Waals surface area contributed by atoms with Gasteiger partial charge in [0.2, 0.25) is 0 Å². The molecule has 0 saturated heterocycles. The average Bonchev–Trinajstić information content (AvgIpc) is 2.98. The highest BCUT2D eigenvalue weighted by molar-refractivity contribution is 6.37. The molecule has 0 aliphatic heterocycles. The number of benzene rings is 1. The molecule has 0 unspecified atom stereocenters. The number of aryl methyl sites for hydroxylation is 1. The van der Waals surface area contributed by atoms with Crippen molar-refractivity contribution in [2.75, 3.05) is 0 Å². The van der Waals surface area contributed by atoms with Crippen LogP contribution in [0.15, 0.2) is 27.5 Å². The van der Waals surface area contributed by atoms with Gasteiger partial charge >= 0.3 is 0 Å². The number of ether oxygens (including phenoxy) is 1. The Bertz CT molecular complexity index is 1020. The average molecular weight is 361 g/mol. The van der Waals surface area contributed by atoms with Crippen LogP contribution in [-0.4, -0.2) is 22.3 Å². The smallest absolute Gasteiger partial charge is 0.293 e. The predicted octanol–water partition coefficient (Wildman–Crippen LogP) is 3.76. The normalized spacial score (nSPS) is 20.9. The van der Waals surface area contributed by atoms with Gasteiger partial charge in [0.15, 0.2) is 0 Å². The molecule has 2 atom stereocenters. The highest BCUT2D eigenvalue weighted by Gasteiger charge is 2.28. The molecule has 25 heavy (non-hydrogen) atoms. The van der Waals surface area contributed by atoms with Crippen molar-refractivity contribution in [1.82, 2.24) is 9.72 Å². The van der Waals surface area contributed by atoms with E-state index in [1.807, 2.05) is 12.1 Å². The van der Waals surface area contributed by atoms with Gasteiger partial charge in [-0.3, -0.25) is 9.59 Å². The van der Waals surface area contributed by atoms with Crippen LogP contribution in [0.4, 0.5) is 0 Å². The van der Waals surface area contributed by atoms with Crippen LogP contribution in [0.2, 0.25) is 5.02 Å². The van der Waals surface area contributed by atoms with Crippen LogP contribution in [0.3, 0.4) is 0 Å². The monoisotopic (exact) mass is 360 g/mol. The molecule has 1 aliphatic carbocycles. The fourth-order valence-corrected chi connectivity index (χ4v) is 4.15. The van der Waals surface area contributed by atoms with E-state index in [1.165, 1.54) is 0 Å². The second kappa shape index (κ2) is 6.19. The Morgan fingerprint density at radius 2 is 2.20 bits per heavy atom. The van der Waals surface area contributed by atoms with Crippen LogP contribution in [0.1, 0.15) is 37.5 Å². The lowest BCUT2D eigenvalue weighted by Gasteiger charge is -2.30. The van der Waals surface area contributed by atoms with Gasteiger partial charge in [-0.25, -0.2) is 0 Å². The molecule has 0 N–H and O–H groups in total. The first-order chi connectivity index (χ1) is 12.1. The zero-order valence-electron chi connectivity index (χ0n) is 13.7. The third-order valence-electron chi connectivity index (χ3n) is 4.99. The molecule has 1 saturated carbocycles. The number of nitrogens with zero attached hydrogens (tertiary/aromatic N) is 2. The van der Waals surface area contributed by atoms with E-state index in [2.05, 4.69) is 5.16 Å². The second-order valence-electron chi connectivity index (χ2n) is 6.45. The molecule has 2 aromatic heterocycles. The third-order valence-corrected chi connectivity index (χ3v) is 5.31. The van der Waals surface area contributed by atoms with Gasteiger partial charge in [-0.15, -0.1) is 0 Å². The van der Waals surface area contributed by atoms with Crippen molar-refractivity contribution in [2.45, 2.75) is 44.8 Å². The summed E-state index contributed by atoms with van der Waals surface area (Å²) in [5.41, 5.74) is 1.09. The lowest BCUT2D eigenvalue weighted by molar-refractivity contribution is -0.135. The maximum absolute atomic E-state index is 13.2. The van der Waals surface area contributed by atoms with Crippen molar-refractivity contribution >= 4 is 39.9 Å². The summed E-state index contributed by atoms with van der Waals surface area (Å²) in [5.74, 6) is 0.479. The Labute approximate surface area is 148 Å². The minimum Gasteiger partial charge on any atom is -0.465 e. The number of hydrogen-bond donors (Lipinski definition) is 0. The van der Waals surface area contributed by atoms with Crippen molar-refractivity contribution in [3.05, 3.63) is 39.3 Å². The van der Waals surface area contributed by atoms with Crippen molar-refractivity contribution in [1.29, 1.82) is 0 Å². The van der Waals surface area contributed by atoms with Crippen molar-refractivity contribution < 1.29 is 14.1 Å². The lowest BCUT2D eigenvalue weighted by atomic mass is 9.92. The van der Waals surface area contributed by atoms with E-state index in [-0.39, 0.29) is 17.7 Å². The van der Waals surface area contributed by atoms with Gasteiger partial charge in [0.1, 0.15) is 22.8 Å². The molecule has 0 radical (unpaired) electrons. The lowest BCUT2D eigenvalue weighted by Crippen LogP contribution is -2.31. The Kier molecular flexibility index (Phi) is 4.00. The minimum atomic E-state index is -0.170. The van der Waals surface area contributed by atoms with Crippen LogP contribution < -0.4 is 5.56 Å². The van der Waals surface area contributed by atoms with Crippen molar-refractivity contribution in [3.63, 3.8) is 0 Å². The summed E-state index contributed by atoms with van der Waals surface area (Å²) in [7, 11) is 0. The first-order valence-corrected chi connectivity index (χ1v) is 8.67. The highest BCUT2D eigenvalue weighted by Crippen LogP contribution is 2.35. The van der Waals surface area contributed by atoms with Crippen LogP contribution in [0.25, 0.3) is 21.8 Å². The fourth-order valence-electron chi connectivity index (χ4n) is 3.89. The summed E-state index contributed by atoms with van der Waals surface area (Å²) < 4.78 is 12.2. The van der Waals surface area contributed by atoms with E-state index in [1.54, 1.807) is 17.6 Å². The highest BCUT2D eigenvalue weighted by atomic mass is 35.5. The molecule has 1 fully saturated rings. The first-order valence-electron chi connectivity index (χ1n) is 8.29. The molecule has 0 amide bonds. The van der Waals surface area contributed by atoms with E-state index in [0.717, 1.165) is 24.8 Å². The number of halogens is 1. The third kappa shape index (κ3) is 2.52. The molecule has 130 valence electrons. The zero-order valence-corrected chi connectivity index (χ0v) is 14.5. The molecule has 7 heteroatoms. The van der Waals surface area contributed by atoms with Crippen LogP contribution in [-0.2, 0) is 9.53 Å². The Hall–Kier alpha value is -2.34. The summed E-state index contributed by atoms with van der Waals surface area (Å²) in [5, 5.41) is 5.76. The topological polar surface area (TPSA) is 74.3 Å². The molecule has 1 aliphatic rings. The fraction of sp³-hybridized carbons (Fsp3) is 0.389. The Morgan fingerprint density at radius 1 is 1.36 bits per heavy atom. The van der Waals surface area contributed by atoms with Gasteiger partial charge in [-0.2, -0.15) is 0 Å². The number of pyridine rings is 1. The van der Waals surface area contributed by atoms with Crippen LogP contribution >= 0.6 is 11.6 Å². The largest absolute Gasteiger partial charge is 0.465 e. The Balaban J connectivity index is 2.00. The number of rotatable bonds is 3. The number of fused-ring (bicyclic) bond motifs is 3. The zero-order chi connectivity index (χ0) is 17.6. The summed E-state index contributed by atoms with van der Waals surface area (Å²) >= 11 is 6.42. The molecule has 4 rings (SSSR count). The Morgan fingerprint density at radius 3 is 3.00 bits per heavy atom. The van der Waals surface area contributed by atoms with Gasteiger partial charge in [0.05, 0.1) is 10.5 Å². The summed E-state index contributed by atoms with van der Waals surface area (Å²) in [6.45, 7) is 2.21. The van der Waals surface area contributed by atoms with E-state index in [4.69, 9.17) is 20.9 Å². The van der Waals surface area contributed by atoms with Crippen LogP contribution in [0, 0.1) is 6.92 Å². The van der Waals surface area contributed by atoms with E-state index in [9.17, 15) is 9.59 Å². The van der Waals surface area contributed by atoms with Crippen molar-refractivity contribution in [2.24, 2.45) is 0 Å². The predicted molar refractivity (Wildman–Crippen MR) is 94.0 cm³/mol. The summed E-state index contributed by atoms with van der Waals surface area (Å²) in [6, 6.07) is 5.41. The number of carbonyl (C=O) groups excluding carboxylic acids is 1. The molecular formula is C18H17ClN2O4. The number of hydrogen-bond acceptors (Lipinski definition) is 5. The summed E-state index contributed by atoms with van der Waals surface area (Å²) in [6.07, 6.45) is 2.98. The maximum atomic E-state index is 13.2. The molecule has 3 aromatic rings. The van der Waals surface area contributed by atoms with Gasteiger partial charge in [-0.1, -0.05) is 22.8 Å². The van der Waals surface area contributed by atoms with E-state index in [0.29, 0.717) is 40.0 Å². The quantitative estimate of drug-likeness (QED) is 0.665. The molecule has 1 aromatic carbocycles. The molecular weight excluding hydrogens is 344 g/mol. The molecule has 0 spiro atoms. The second-order valence-corrected chi connectivity index (χ2v) is 6.85. The summed E-state index contributed by atoms with van der Waals surface area (Å²) in [4.78, 5) is 23.9. The molecule has 2 heterocycles. The molecule has 6 nitrogen and oxygen atoms in total. The number of carbonyl (C=O) groups is 1.